The number of thiol groups is 1. The van der Waals surface area contributed by atoms with E-state index in [2.05, 4.69) is 73.3 Å². The lowest BCUT2D eigenvalue weighted by atomic mass is 10.2. The fraction of sp³-hybridized carbons (Fsp3) is 0.250. The smallest absolute Gasteiger partial charge is 0.0385 e. The first-order valence-electron chi connectivity index (χ1n) is 6.21. The maximum Gasteiger partial charge on any atom is 0.0385 e. The highest BCUT2D eigenvalue weighted by Crippen LogP contribution is 2.30. The fourth-order valence-electron chi connectivity index (χ4n) is 1.89. The quantitative estimate of drug-likeness (QED) is 0.749. The van der Waals surface area contributed by atoms with Gasteiger partial charge in [0.1, 0.15) is 0 Å². The molecule has 1 unspecified atom stereocenters. The van der Waals surface area contributed by atoms with Gasteiger partial charge in [-0.1, -0.05) is 60.7 Å². The van der Waals surface area contributed by atoms with E-state index in [0.29, 0.717) is 5.25 Å². The van der Waals surface area contributed by atoms with Crippen molar-refractivity contribution in [2.24, 2.45) is 0 Å². The molecule has 0 radical (unpaired) electrons. The molecule has 94 valence electrons. The van der Waals surface area contributed by atoms with Gasteiger partial charge >= 0.3 is 0 Å². The molecule has 0 saturated heterocycles. The Balaban J connectivity index is 1.85. The summed E-state index contributed by atoms with van der Waals surface area (Å²) in [7, 11) is 0. The van der Waals surface area contributed by atoms with Gasteiger partial charge in [-0.05, 0) is 23.3 Å². The standard InChI is InChI=1S/C16H18S2/c17-13-16(15-9-5-2-6-10-15)18-12-11-14-7-3-1-4-8-14/h1-10,16-17H,11-13H2. The monoisotopic (exact) mass is 274 g/mol. The van der Waals surface area contributed by atoms with Crippen LogP contribution in [0.25, 0.3) is 0 Å². The third-order valence-electron chi connectivity index (χ3n) is 2.89. The molecule has 18 heavy (non-hydrogen) atoms. The van der Waals surface area contributed by atoms with Crippen molar-refractivity contribution in [3.8, 4) is 0 Å². The Morgan fingerprint density at radius 1 is 0.889 bits per heavy atom. The van der Waals surface area contributed by atoms with Gasteiger partial charge in [-0.25, -0.2) is 0 Å². The number of aryl methyl sites for hydroxylation is 1. The molecule has 0 aliphatic heterocycles. The van der Waals surface area contributed by atoms with Crippen molar-refractivity contribution in [2.75, 3.05) is 11.5 Å². The van der Waals surface area contributed by atoms with E-state index in [4.69, 9.17) is 0 Å². The third kappa shape index (κ3) is 4.11. The van der Waals surface area contributed by atoms with Crippen molar-refractivity contribution < 1.29 is 0 Å². The molecule has 0 heterocycles. The predicted molar refractivity (Wildman–Crippen MR) is 85.6 cm³/mol. The van der Waals surface area contributed by atoms with Crippen LogP contribution >= 0.6 is 24.4 Å². The average molecular weight is 274 g/mol. The van der Waals surface area contributed by atoms with Crippen molar-refractivity contribution in [3.63, 3.8) is 0 Å². The maximum absolute atomic E-state index is 4.47. The molecule has 0 spiro atoms. The Labute approximate surface area is 119 Å². The van der Waals surface area contributed by atoms with Crippen LogP contribution in [0.15, 0.2) is 60.7 Å². The van der Waals surface area contributed by atoms with E-state index >= 15 is 0 Å². The second-order valence-corrected chi connectivity index (χ2v) is 5.86. The first kappa shape index (κ1) is 13.6. The summed E-state index contributed by atoms with van der Waals surface area (Å²) in [6, 6.07) is 21.3. The molecule has 0 nitrogen and oxygen atoms in total. The van der Waals surface area contributed by atoms with Crippen molar-refractivity contribution in [2.45, 2.75) is 11.7 Å². The van der Waals surface area contributed by atoms with Crippen LogP contribution in [0.3, 0.4) is 0 Å². The molecular formula is C16H18S2. The summed E-state index contributed by atoms with van der Waals surface area (Å²) in [4.78, 5) is 0. The number of benzene rings is 2. The van der Waals surface area contributed by atoms with Crippen LogP contribution in [0.1, 0.15) is 16.4 Å². The van der Waals surface area contributed by atoms with Gasteiger partial charge in [-0.2, -0.15) is 24.4 Å². The summed E-state index contributed by atoms with van der Waals surface area (Å²) in [5.41, 5.74) is 2.79. The highest BCUT2D eigenvalue weighted by Gasteiger charge is 2.09. The molecule has 0 amide bonds. The van der Waals surface area contributed by atoms with Crippen molar-refractivity contribution in [1.82, 2.24) is 0 Å². The second-order valence-electron chi connectivity index (χ2n) is 4.19. The van der Waals surface area contributed by atoms with Crippen LogP contribution < -0.4 is 0 Å². The van der Waals surface area contributed by atoms with Crippen molar-refractivity contribution in [1.29, 1.82) is 0 Å². The van der Waals surface area contributed by atoms with Gasteiger partial charge in [0.15, 0.2) is 0 Å². The summed E-state index contributed by atoms with van der Waals surface area (Å²) in [5, 5.41) is 0.498. The normalized spacial score (nSPS) is 12.3. The zero-order valence-corrected chi connectivity index (χ0v) is 12.0. The van der Waals surface area contributed by atoms with E-state index in [0.717, 1.165) is 17.9 Å². The molecule has 2 rings (SSSR count). The highest BCUT2D eigenvalue weighted by atomic mass is 32.2. The van der Waals surface area contributed by atoms with Crippen molar-refractivity contribution >= 4 is 24.4 Å². The first-order chi connectivity index (χ1) is 8.90. The average Bonchev–Trinajstić information content (AvgIpc) is 2.46. The van der Waals surface area contributed by atoms with Gasteiger partial charge in [-0.15, -0.1) is 0 Å². The van der Waals surface area contributed by atoms with Crippen LogP contribution in [0.5, 0.6) is 0 Å². The van der Waals surface area contributed by atoms with Crippen LogP contribution in [0.2, 0.25) is 0 Å². The molecule has 0 saturated carbocycles. The minimum absolute atomic E-state index is 0.498. The van der Waals surface area contributed by atoms with Crippen molar-refractivity contribution in [3.05, 3.63) is 71.8 Å². The Morgan fingerprint density at radius 2 is 1.50 bits per heavy atom. The van der Waals surface area contributed by atoms with Gasteiger partial charge in [0, 0.05) is 11.0 Å². The molecule has 1 atom stereocenters. The molecule has 0 aromatic heterocycles. The number of hydrogen-bond acceptors (Lipinski definition) is 2. The number of thioether (sulfide) groups is 1. The molecule has 0 fully saturated rings. The Kier molecular flexibility index (Phi) is 5.69. The van der Waals surface area contributed by atoms with Crippen LogP contribution in [-0.2, 0) is 6.42 Å². The summed E-state index contributed by atoms with van der Waals surface area (Å²) in [5.74, 6) is 2.04. The third-order valence-corrected chi connectivity index (χ3v) is 4.78. The summed E-state index contributed by atoms with van der Waals surface area (Å²) < 4.78 is 0. The minimum atomic E-state index is 0.498. The first-order valence-corrected chi connectivity index (χ1v) is 7.89. The zero-order chi connectivity index (χ0) is 12.6. The Hall–Kier alpha value is -0.860. The molecule has 0 aliphatic rings. The van der Waals surface area contributed by atoms with Crippen LogP contribution in [0.4, 0.5) is 0 Å². The molecule has 2 aromatic rings. The summed E-state index contributed by atoms with van der Waals surface area (Å²) >= 11 is 6.46. The summed E-state index contributed by atoms with van der Waals surface area (Å²) in [6.45, 7) is 0. The van der Waals surface area contributed by atoms with E-state index in [9.17, 15) is 0 Å². The SMILES string of the molecule is SCC(SCCc1ccccc1)c1ccccc1. The summed E-state index contributed by atoms with van der Waals surface area (Å²) in [6.07, 6.45) is 1.13. The van der Waals surface area contributed by atoms with E-state index in [1.165, 1.54) is 11.1 Å². The molecule has 2 aromatic carbocycles. The van der Waals surface area contributed by atoms with E-state index in [1.807, 2.05) is 11.8 Å². The molecule has 0 N–H and O–H groups in total. The number of hydrogen-bond donors (Lipinski definition) is 1. The Morgan fingerprint density at radius 3 is 2.11 bits per heavy atom. The van der Waals surface area contributed by atoms with E-state index in [1.54, 1.807) is 0 Å². The van der Waals surface area contributed by atoms with Gasteiger partial charge in [0.25, 0.3) is 0 Å². The van der Waals surface area contributed by atoms with Gasteiger partial charge < -0.3 is 0 Å². The predicted octanol–water partition coefficient (Wildman–Crippen LogP) is 4.63. The second kappa shape index (κ2) is 7.55. The fourth-order valence-corrected chi connectivity index (χ4v) is 3.51. The molecule has 0 aliphatic carbocycles. The molecule has 2 heteroatoms. The van der Waals surface area contributed by atoms with E-state index in [-0.39, 0.29) is 0 Å². The van der Waals surface area contributed by atoms with Gasteiger partial charge in [-0.3, -0.25) is 0 Å². The van der Waals surface area contributed by atoms with Gasteiger partial charge in [0.05, 0.1) is 0 Å². The largest absolute Gasteiger partial charge is 0.178 e. The van der Waals surface area contributed by atoms with Crippen LogP contribution in [0, 0.1) is 0 Å². The zero-order valence-electron chi connectivity index (χ0n) is 10.3. The lowest BCUT2D eigenvalue weighted by Crippen LogP contribution is -1.98. The van der Waals surface area contributed by atoms with E-state index < -0.39 is 0 Å². The maximum atomic E-state index is 4.47. The lowest BCUT2D eigenvalue weighted by molar-refractivity contribution is 1.09. The molecular weight excluding hydrogens is 256 g/mol. The topological polar surface area (TPSA) is 0 Å². The lowest BCUT2D eigenvalue weighted by Gasteiger charge is -2.14. The van der Waals surface area contributed by atoms with Gasteiger partial charge in [0.2, 0.25) is 0 Å². The minimum Gasteiger partial charge on any atom is -0.178 e. The number of rotatable bonds is 6. The van der Waals surface area contributed by atoms with Crippen LogP contribution in [-0.4, -0.2) is 11.5 Å². The highest BCUT2D eigenvalue weighted by molar-refractivity contribution is 8.00. The molecule has 0 bridgehead atoms. The Bertz CT molecular complexity index is 439.